The Balaban J connectivity index is 2.04. The van der Waals surface area contributed by atoms with Gasteiger partial charge in [0.2, 0.25) is 5.82 Å². The summed E-state index contributed by atoms with van der Waals surface area (Å²) >= 11 is 0. The van der Waals surface area contributed by atoms with E-state index in [-0.39, 0.29) is 11.6 Å². The Morgan fingerprint density at radius 2 is 2.00 bits per heavy atom. The average molecular weight is 267 g/mol. The van der Waals surface area contributed by atoms with Gasteiger partial charge in [-0.3, -0.25) is 4.98 Å². The largest absolute Gasteiger partial charge is 0.507 e. The molecule has 1 aromatic carbocycles. The zero-order chi connectivity index (χ0) is 14.1. The van der Waals surface area contributed by atoms with Gasteiger partial charge in [0.25, 0.3) is 5.89 Å². The highest BCUT2D eigenvalue weighted by Gasteiger charge is 2.15. The Labute approximate surface area is 115 Å². The molecule has 0 fully saturated rings. The molecule has 0 aliphatic rings. The normalized spacial score (nSPS) is 10.7. The first-order valence-electron chi connectivity index (χ1n) is 6.21. The van der Waals surface area contributed by atoms with Crippen LogP contribution in [0.1, 0.15) is 11.1 Å². The number of hydrogen-bond acceptors (Lipinski definition) is 5. The molecule has 0 atom stereocenters. The van der Waals surface area contributed by atoms with Crippen molar-refractivity contribution in [1.82, 2.24) is 15.1 Å². The first-order valence-corrected chi connectivity index (χ1v) is 6.21. The number of phenols is 1. The van der Waals surface area contributed by atoms with E-state index in [0.29, 0.717) is 17.1 Å². The number of para-hydroxylation sites is 1. The van der Waals surface area contributed by atoms with Gasteiger partial charge in [-0.2, -0.15) is 4.98 Å². The predicted molar refractivity (Wildman–Crippen MR) is 74.1 cm³/mol. The van der Waals surface area contributed by atoms with E-state index in [2.05, 4.69) is 15.1 Å². The van der Waals surface area contributed by atoms with E-state index in [1.54, 1.807) is 12.3 Å². The third-order valence-corrected chi connectivity index (χ3v) is 3.04. The molecule has 0 aliphatic carbocycles. The van der Waals surface area contributed by atoms with Gasteiger partial charge >= 0.3 is 0 Å². The summed E-state index contributed by atoms with van der Waals surface area (Å²) in [7, 11) is 0. The van der Waals surface area contributed by atoms with Gasteiger partial charge in [0.15, 0.2) is 0 Å². The van der Waals surface area contributed by atoms with Crippen LogP contribution in [0.5, 0.6) is 5.75 Å². The van der Waals surface area contributed by atoms with Crippen molar-refractivity contribution >= 4 is 0 Å². The van der Waals surface area contributed by atoms with E-state index < -0.39 is 0 Å². The van der Waals surface area contributed by atoms with E-state index in [1.165, 1.54) is 0 Å². The summed E-state index contributed by atoms with van der Waals surface area (Å²) in [5.74, 6) is 0.842. The molecule has 0 saturated heterocycles. The van der Waals surface area contributed by atoms with Crippen molar-refractivity contribution in [2.24, 2.45) is 0 Å². The molecule has 3 rings (SSSR count). The van der Waals surface area contributed by atoms with E-state index >= 15 is 0 Å². The summed E-state index contributed by atoms with van der Waals surface area (Å²) < 4.78 is 5.22. The van der Waals surface area contributed by atoms with Gasteiger partial charge in [0, 0.05) is 6.20 Å². The van der Waals surface area contributed by atoms with E-state index in [4.69, 9.17) is 4.52 Å². The van der Waals surface area contributed by atoms with Crippen molar-refractivity contribution in [3.63, 3.8) is 0 Å². The van der Waals surface area contributed by atoms with Crippen LogP contribution < -0.4 is 0 Å². The number of nitrogens with zero attached hydrogens (tertiary/aromatic N) is 3. The minimum absolute atomic E-state index is 0.153. The Morgan fingerprint density at radius 3 is 2.80 bits per heavy atom. The molecule has 0 spiro atoms. The van der Waals surface area contributed by atoms with Crippen molar-refractivity contribution in [2.75, 3.05) is 0 Å². The third kappa shape index (κ3) is 2.14. The fraction of sp³-hybridized carbons (Fsp3) is 0.133. The van der Waals surface area contributed by atoms with E-state index in [9.17, 15) is 5.11 Å². The second-order valence-electron chi connectivity index (χ2n) is 4.61. The molecule has 1 N–H and O–H groups in total. The van der Waals surface area contributed by atoms with Crippen molar-refractivity contribution in [3.8, 4) is 28.7 Å². The SMILES string of the molecule is Cc1ccnc(-c2noc(-c3cccc(C)c3O)n2)c1. The maximum Gasteiger partial charge on any atom is 0.262 e. The van der Waals surface area contributed by atoms with Gasteiger partial charge in [0.05, 0.1) is 5.56 Å². The number of rotatable bonds is 2. The highest BCUT2D eigenvalue weighted by molar-refractivity contribution is 5.66. The molecule has 0 aliphatic heterocycles. The molecule has 2 heterocycles. The molecule has 3 aromatic rings. The van der Waals surface area contributed by atoms with Crippen LogP contribution in [-0.4, -0.2) is 20.2 Å². The lowest BCUT2D eigenvalue weighted by atomic mass is 10.1. The van der Waals surface area contributed by atoms with E-state index in [1.807, 2.05) is 38.1 Å². The zero-order valence-electron chi connectivity index (χ0n) is 11.2. The van der Waals surface area contributed by atoms with Crippen LogP contribution in [0.25, 0.3) is 23.0 Å². The number of aromatic nitrogens is 3. The van der Waals surface area contributed by atoms with E-state index in [0.717, 1.165) is 11.1 Å². The first-order chi connectivity index (χ1) is 9.65. The van der Waals surface area contributed by atoms with Crippen molar-refractivity contribution < 1.29 is 9.63 Å². The van der Waals surface area contributed by atoms with Crippen molar-refractivity contribution in [2.45, 2.75) is 13.8 Å². The first kappa shape index (κ1) is 12.3. The molecule has 5 heteroatoms. The molecule has 0 amide bonds. The molecular formula is C15H13N3O2. The quantitative estimate of drug-likeness (QED) is 0.772. The fourth-order valence-corrected chi connectivity index (χ4v) is 1.93. The summed E-state index contributed by atoms with van der Waals surface area (Å²) in [5, 5.41) is 13.9. The molecule has 5 nitrogen and oxygen atoms in total. The zero-order valence-corrected chi connectivity index (χ0v) is 11.2. The number of hydrogen-bond donors (Lipinski definition) is 1. The standard InChI is InChI=1S/C15H13N3O2/c1-9-6-7-16-12(8-9)14-17-15(20-18-14)11-5-3-4-10(2)13(11)19/h3-8,19H,1-2H3. The van der Waals surface area contributed by atoms with Gasteiger partial charge in [0.1, 0.15) is 11.4 Å². The van der Waals surface area contributed by atoms with Gasteiger partial charge in [-0.1, -0.05) is 17.3 Å². The third-order valence-electron chi connectivity index (χ3n) is 3.04. The summed E-state index contributed by atoms with van der Waals surface area (Å²) in [5.41, 5.74) is 3.00. The molecule has 0 saturated carbocycles. The van der Waals surface area contributed by atoms with Crippen LogP contribution in [0, 0.1) is 13.8 Å². The molecule has 0 radical (unpaired) electrons. The number of phenolic OH excluding ortho intramolecular Hbond substituents is 1. The molecule has 0 unspecified atom stereocenters. The van der Waals surface area contributed by atoms with Gasteiger partial charge in [-0.25, -0.2) is 0 Å². The number of aryl methyl sites for hydroxylation is 2. The van der Waals surface area contributed by atoms with Crippen LogP contribution in [0.3, 0.4) is 0 Å². The Bertz CT molecular complexity index is 765. The summed E-state index contributed by atoms with van der Waals surface area (Å²) in [6.07, 6.45) is 1.70. The predicted octanol–water partition coefficient (Wildman–Crippen LogP) is 3.12. The van der Waals surface area contributed by atoms with Gasteiger partial charge < -0.3 is 9.63 Å². The fourth-order valence-electron chi connectivity index (χ4n) is 1.93. The Kier molecular flexibility index (Phi) is 2.95. The average Bonchev–Trinajstić information content (AvgIpc) is 2.91. The van der Waals surface area contributed by atoms with Crippen molar-refractivity contribution in [3.05, 3.63) is 47.7 Å². The number of aromatic hydroxyl groups is 1. The van der Waals surface area contributed by atoms with Crippen LogP contribution in [0.2, 0.25) is 0 Å². The topological polar surface area (TPSA) is 72.0 Å². The molecule has 0 bridgehead atoms. The van der Waals surface area contributed by atoms with Crippen LogP contribution in [-0.2, 0) is 0 Å². The number of pyridine rings is 1. The maximum absolute atomic E-state index is 10.0. The second-order valence-corrected chi connectivity index (χ2v) is 4.61. The molecule has 2 aromatic heterocycles. The second kappa shape index (κ2) is 4.77. The highest BCUT2D eigenvalue weighted by Crippen LogP contribution is 2.31. The minimum Gasteiger partial charge on any atom is -0.507 e. The summed E-state index contributed by atoms with van der Waals surface area (Å²) in [4.78, 5) is 8.50. The van der Waals surface area contributed by atoms with Crippen molar-refractivity contribution in [1.29, 1.82) is 0 Å². The number of benzene rings is 1. The van der Waals surface area contributed by atoms with Gasteiger partial charge in [-0.05, 0) is 43.2 Å². The van der Waals surface area contributed by atoms with Crippen LogP contribution >= 0.6 is 0 Å². The van der Waals surface area contributed by atoms with Crippen LogP contribution in [0.15, 0.2) is 41.1 Å². The lowest BCUT2D eigenvalue weighted by molar-refractivity contribution is 0.425. The van der Waals surface area contributed by atoms with Crippen LogP contribution in [0.4, 0.5) is 0 Å². The maximum atomic E-state index is 10.0. The minimum atomic E-state index is 0.153. The monoisotopic (exact) mass is 267 g/mol. The molecule has 20 heavy (non-hydrogen) atoms. The lowest BCUT2D eigenvalue weighted by Gasteiger charge is -2.01. The summed E-state index contributed by atoms with van der Waals surface area (Å²) in [6, 6.07) is 9.17. The molecule has 100 valence electrons. The Morgan fingerprint density at radius 1 is 1.15 bits per heavy atom. The lowest BCUT2D eigenvalue weighted by Crippen LogP contribution is -1.87. The molecular weight excluding hydrogens is 254 g/mol. The van der Waals surface area contributed by atoms with Gasteiger partial charge in [-0.15, -0.1) is 0 Å². The Hall–Kier alpha value is -2.69. The highest BCUT2D eigenvalue weighted by atomic mass is 16.5. The summed E-state index contributed by atoms with van der Waals surface area (Å²) in [6.45, 7) is 3.79. The smallest absolute Gasteiger partial charge is 0.262 e.